The number of rotatable bonds is 3. The Morgan fingerprint density at radius 3 is 2.40 bits per heavy atom. The highest BCUT2D eigenvalue weighted by molar-refractivity contribution is 6.61. The van der Waals surface area contributed by atoms with E-state index < -0.39 is 5.43 Å². The Balaban J connectivity index is 3.12. The molecule has 1 aromatic rings. The zero-order valence-electron chi connectivity index (χ0n) is 8.24. The molecular formula is C10H9ClO4. The maximum absolute atomic E-state index is 11.1. The second kappa shape index (κ2) is 4.79. The van der Waals surface area contributed by atoms with Gasteiger partial charge in [0.1, 0.15) is 0 Å². The van der Waals surface area contributed by atoms with Gasteiger partial charge >= 0.3 is 5.43 Å². The summed E-state index contributed by atoms with van der Waals surface area (Å²) >= 11 is 5.07. The van der Waals surface area contributed by atoms with Gasteiger partial charge in [-0.15, -0.1) is 0 Å². The second-order valence-corrected chi connectivity index (χ2v) is 3.07. The van der Waals surface area contributed by atoms with Crippen LogP contribution in [0, 0.1) is 0 Å². The van der Waals surface area contributed by atoms with Gasteiger partial charge in [0.25, 0.3) is 0 Å². The van der Waals surface area contributed by atoms with Gasteiger partial charge < -0.3 is 9.47 Å². The molecule has 0 radical (unpaired) electrons. The zero-order chi connectivity index (χ0) is 11.4. The minimum atomic E-state index is -0.978. The summed E-state index contributed by atoms with van der Waals surface area (Å²) in [4.78, 5) is 21.6. The average molecular weight is 229 g/mol. The number of hydrogen-bond donors (Lipinski definition) is 0. The number of halogens is 1. The van der Waals surface area contributed by atoms with E-state index in [0.717, 1.165) is 0 Å². The fourth-order valence-electron chi connectivity index (χ4n) is 1.06. The van der Waals surface area contributed by atoms with Crippen LogP contribution >= 0.6 is 11.6 Å². The van der Waals surface area contributed by atoms with Crippen LogP contribution in [0.25, 0.3) is 0 Å². The summed E-state index contributed by atoms with van der Waals surface area (Å²) < 4.78 is 9.61. The number of benzene rings is 1. The van der Waals surface area contributed by atoms with Crippen molar-refractivity contribution < 1.29 is 19.1 Å². The summed E-state index contributed by atoms with van der Waals surface area (Å²) in [6, 6.07) is 4.51. The maximum atomic E-state index is 11.1. The van der Waals surface area contributed by atoms with Gasteiger partial charge in [0.15, 0.2) is 17.3 Å². The monoisotopic (exact) mass is 228 g/mol. The van der Waals surface area contributed by atoms with Crippen molar-refractivity contribution in [2.75, 3.05) is 7.11 Å². The van der Waals surface area contributed by atoms with Crippen LogP contribution < -0.4 is 9.47 Å². The molecule has 0 fully saturated rings. The van der Waals surface area contributed by atoms with E-state index in [1.165, 1.54) is 26.2 Å². The molecule has 0 aliphatic heterocycles. The fraction of sp³-hybridized carbons (Fsp3) is 0.200. The van der Waals surface area contributed by atoms with Crippen molar-refractivity contribution in [2.45, 2.75) is 6.92 Å². The summed E-state index contributed by atoms with van der Waals surface area (Å²) in [5.41, 5.74) is -0.558. The van der Waals surface area contributed by atoms with Gasteiger partial charge in [-0.05, 0) is 25.1 Å². The molecule has 0 unspecified atom stereocenters. The third-order valence-electron chi connectivity index (χ3n) is 1.76. The molecule has 5 heteroatoms. The zero-order valence-corrected chi connectivity index (χ0v) is 9.00. The lowest BCUT2D eigenvalue weighted by Crippen LogP contribution is -2.01. The summed E-state index contributed by atoms with van der Waals surface area (Å²) in [6.45, 7) is 1.41. The molecule has 4 nitrogen and oxygen atoms in total. The third kappa shape index (κ3) is 2.95. The summed E-state index contributed by atoms with van der Waals surface area (Å²) in [7, 11) is 1.42. The Morgan fingerprint density at radius 2 is 1.93 bits per heavy atom. The summed E-state index contributed by atoms with van der Waals surface area (Å²) in [5.74, 6) is 0.337. The Labute approximate surface area is 91.7 Å². The van der Waals surface area contributed by atoms with Crippen molar-refractivity contribution in [1.29, 1.82) is 0 Å². The predicted molar refractivity (Wildman–Crippen MR) is 54.9 cm³/mol. The molecular weight excluding hydrogens is 220 g/mol. The lowest BCUT2D eigenvalue weighted by Gasteiger charge is -2.07. The van der Waals surface area contributed by atoms with E-state index >= 15 is 0 Å². The number of ether oxygens (including phenoxy) is 2. The van der Waals surface area contributed by atoms with E-state index in [4.69, 9.17) is 16.3 Å². The van der Waals surface area contributed by atoms with Crippen LogP contribution in [0.5, 0.6) is 11.5 Å². The molecule has 0 spiro atoms. The van der Waals surface area contributed by atoms with Crippen molar-refractivity contribution in [3.05, 3.63) is 23.8 Å². The van der Waals surface area contributed by atoms with Gasteiger partial charge in [0, 0.05) is 17.2 Å². The Hall–Kier alpha value is -1.55. The third-order valence-corrected chi connectivity index (χ3v) is 1.84. The molecule has 1 aromatic carbocycles. The number of carbonyl (C=O) groups is 2. The minimum Gasteiger partial charge on any atom is -0.493 e. The molecule has 0 aromatic heterocycles. The van der Waals surface area contributed by atoms with E-state index in [2.05, 4.69) is 4.74 Å². The Bertz CT molecular complexity index is 400. The highest BCUT2D eigenvalue weighted by Gasteiger charge is 2.10. The number of ketones is 1. The van der Waals surface area contributed by atoms with Gasteiger partial charge in [-0.2, -0.15) is 0 Å². The molecule has 0 aliphatic rings. The van der Waals surface area contributed by atoms with Gasteiger partial charge in [-0.1, -0.05) is 0 Å². The summed E-state index contributed by atoms with van der Waals surface area (Å²) in [5, 5.41) is 0. The van der Waals surface area contributed by atoms with Crippen LogP contribution in [0.15, 0.2) is 18.2 Å². The van der Waals surface area contributed by atoms with Crippen LogP contribution in [-0.2, 0) is 0 Å². The number of hydrogen-bond acceptors (Lipinski definition) is 4. The molecule has 1 rings (SSSR count). The van der Waals surface area contributed by atoms with Crippen molar-refractivity contribution in [3.63, 3.8) is 0 Å². The molecule has 15 heavy (non-hydrogen) atoms. The normalized spacial score (nSPS) is 9.53. The second-order valence-electron chi connectivity index (χ2n) is 2.76. The van der Waals surface area contributed by atoms with Gasteiger partial charge in [-0.3, -0.25) is 4.79 Å². The van der Waals surface area contributed by atoms with E-state index in [0.29, 0.717) is 11.3 Å². The molecule has 80 valence electrons. The van der Waals surface area contributed by atoms with Crippen molar-refractivity contribution >= 4 is 22.8 Å². The molecule has 0 saturated heterocycles. The van der Waals surface area contributed by atoms with Crippen LogP contribution in [-0.4, -0.2) is 18.3 Å². The van der Waals surface area contributed by atoms with E-state index in [1.54, 1.807) is 6.07 Å². The minimum absolute atomic E-state index is 0.130. The van der Waals surface area contributed by atoms with E-state index in [-0.39, 0.29) is 11.5 Å². The molecule has 0 aliphatic carbocycles. The quantitative estimate of drug-likeness (QED) is 0.590. The molecule has 0 N–H and O–H groups in total. The predicted octanol–water partition coefficient (Wildman–Crippen LogP) is 2.64. The van der Waals surface area contributed by atoms with Crippen LogP contribution in [0.4, 0.5) is 4.79 Å². The van der Waals surface area contributed by atoms with Crippen LogP contribution in [0.3, 0.4) is 0 Å². The molecule has 0 atom stereocenters. The SMILES string of the molecule is COc1ccc(C(C)=O)cc1OC(=O)Cl. The Kier molecular flexibility index (Phi) is 3.68. The first-order valence-corrected chi connectivity index (χ1v) is 4.48. The van der Waals surface area contributed by atoms with Gasteiger partial charge in [0.05, 0.1) is 7.11 Å². The first kappa shape index (κ1) is 11.5. The average Bonchev–Trinajstić information content (AvgIpc) is 2.16. The maximum Gasteiger partial charge on any atom is 0.409 e. The van der Waals surface area contributed by atoms with Gasteiger partial charge in [-0.25, -0.2) is 4.79 Å². The summed E-state index contributed by atoms with van der Waals surface area (Å²) in [6.07, 6.45) is 0. The van der Waals surface area contributed by atoms with Crippen LogP contribution in [0.1, 0.15) is 17.3 Å². The fourth-order valence-corrected chi connectivity index (χ4v) is 1.15. The van der Waals surface area contributed by atoms with Crippen molar-refractivity contribution in [2.24, 2.45) is 0 Å². The smallest absolute Gasteiger partial charge is 0.409 e. The lowest BCUT2D eigenvalue weighted by molar-refractivity contribution is 0.101. The first-order valence-electron chi connectivity index (χ1n) is 4.11. The highest BCUT2D eigenvalue weighted by Crippen LogP contribution is 2.28. The van der Waals surface area contributed by atoms with Crippen molar-refractivity contribution in [3.8, 4) is 11.5 Å². The van der Waals surface area contributed by atoms with Gasteiger partial charge in [0.2, 0.25) is 0 Å². The van der Waals surface area contributed by atoms with Crippen molar-refractivity contribution in [1.82, 2.24) is 0 Å². The molecule has 0 heterocycles. The van der Waals surface area contributed by atoms with E-state index in [1.807, 2.05) is 0 Å². The highest BCUT2D eigenvalue weighted by atomic mass is 35.5. The van der Waals surface area contributed by atoms with Crippen LogP contribution in [0.2, 0.25) is 0 Å². The molecule has 0 saturated carbocycles. The standard InChI is InChI=1S/C10H9ClO4/c1-6(12)7-3-4-8(14-2)9(5-7)15-10(11)13/h3-5H,1-2H3. The number of methoxy groups -OCH3 is 1. The molecule has 0 amide bonds. The lowest BCUT2D eigenvalue weighted by atomic mass is 10.1. The molecule has 0 bridgehead atoms. The number of carbonyl (C=O) groups excluding carboxylic acids is 2. The first-order chi connectivity index (χ1) is 7.04. The van der Waals surface area contributed by atoms with E-state index in [9.17, 15) is 9.59 Å². The largest absolute Gasteiger partial charge is 0.493 e. The Morgan fingerprint density at radius 1 is 1.27 bits per heavy atom. The number of Topliss-reactive ketones (excluding diaryl/α,β-unsaturated/α-hetero) is 1. The topological polar surface area (TPSA) is 52.6 Å².